The zero-order valence-electron chi connectivity index (χ0n) is 3.98. The summed E-state index contributed by atoms with van der Waals surface area (Å²) in [6.07, 6.45) is 2.62. The van der Waals surface area contributed by atoms with Gasteiger partial charge in [-0.05, 0) is 0 Å². The molecule has 0 heterocycles. The molecule has 0 aromatic carbocycles. The van der Waals surface area contributed by atoms with Crippen molar-refractivity contribution in [3.8, 4) is 0 Å². The van der Waals surface area contributed by atoms with Gasteiger partial charge in [-0.2, -0.15) is 0 Å². The second-order valence-electron chi connectivity index (χ2n) is 0.469. The average molecular weight is 93.1 g/mol. The molecule has 0 aliphatic heterocycles. The topological polar surface area (TPSA) is 9.23 Å². The molecular formula is C4H6NaO+. The second-order valence-corrected chi connectivity index (χ2v) is 0.469. The van der Waals surface area contributed by atoms with Crippen molar-refractivity contribution in [2.45, 2.75) is 0 Å². The van der Waals surface area contributed by atoms with E-state index in [-0.39, 0.29) is 29.6 Å². The van der Waals surface area contributed by atoms with E-state index in [0.717, 1.165) is 0 Å². The monoisotopic (exact) mass is 93.0 g/mol. The van der Waals surface area contributed by atoms with Gasteiger partial charge in [0.2, 0.25) is 0 Å². The quantitative estimate of drug-likeness (QED) is 0.292. The Kier molecular flexibility index (Phi) is 14.3. The van der Waals surface area contributed by atoms with E-state index in [1.807, 2.05) is 0 Å². The molecule has 0 rings (SSSR count). The zero-order chi connectivity index (χ0) is 4.12. The van der Waals surface area contributed by atoms with Crippen LogP contribution in [0.1, 0.15) is 0 Å². The summed E-state index contributed by atoms with van der Waals surface area (Å²) in [6, 6.07) is 0. The predicted octanol–water partition coefficient (Wildman–Crippen LogP) is -1.71. The van der Waals surface area contributed by atoms with E-state index < -0.39 is 0 Å². The van der Waals surface area contributed by atoms with Crippen LogP contribution >= 0.6 is 0 Å². The maximum atomic E-state index is 4.36. The van der Waals surface area contributed by atoms with Crippen molar-refractivity contribution in [2.75, 3.05) is 0 Å². The van der Waals surface area contributed by atoms with E-state index in [0.29, 0.717) is 0 Å². The fraction of sp³-hybridized carbons (Fsp3) is 0. The van der Waals surface area contributed by atoms with Gasteiger partial charge in [-0.15, -0.1) is 0 Å². The minimum absolute atomic E-state index is 0. The summed E-state index contributed by atoms with van der Waals surface area (Å²) in [7, 11) is 0. The summed E-state index contributed by atoms with van der Waals surface area (Å²) in [5, 5.41) is 0. The molecule has 0 unspecified atom stereocenters. The molecule has 0 radical (unpaired) electrons. The third kappa shape index (κ3) is 8.86. The zero-order valence-corrected chi connectivity index (χ0v) is 5.98. The van der Waals surface area contributed by atoms with Gasteiger partial charge < -0.3 is 4.74 Å². The Morgan fingerprint density at radius 1 is 1.17 bits per heavy atom. The van der Waals surface area contributed by atoms with Crippen LogP contribution in [0.3, 0.4) is 0 Å². The van der Waals surface area contributed by atoms with Crippen LogP contribution in [0.2, 0.25) is 0 Å². The summed E-state index contributed by atoms with van der Waals surface area (Å²) in [6.45, 7) is 6.51. The summed E-state index contributed by atoms with van der Waals surface area (Å²) in [4.78, 5) is 0. The molecule has 0 spiro atoms. The standard InChI is InChI=1S/C4H6O.Na/c1-3-5-4-2;/h3-4H,1-2H2;/q;+1. The first-order chi connectivity index (χ1) is 2.41. The van der Waals surface area contributed by atoms with Crippen LogP contribution < -0.4 is 29.6 Å². The molecule has 28 valence electrons. The first-order valence-corrected chi connectivity index (χ1v) is 1.29. The van der Waals surface area contributed by atoms with Gasteiger partial charge in [0.15, 0.2) is 0 Å². The Balaban J connectivity index is 0. The minimum Gasteiger partial charge on any atom is -0.474 e. The van der Waals surface area contributed by atoms with Gasteiger partial charge in [-0.3, -0.25) is 0 Å². The van der Waals surface area contributed by atoms with Crippen LogP contribution in [0.25, 0.3) is 0 Å². The molecule has 0 saturated carbocycles. The van der Waals surface area contributed by atoms with Crippen LogP contribution in [0.15, 0.2) is 25.7 Å². The molecule has 0 saturated heterocycles. The largest absolute Gasteiger partial charge is 1.00 e. The van der Waals surface area contributed by atoms with Crippen molar-refractivity contribution in [1.29, 1.82) is 0 Å². The van der Waals surface area contributed by atoms with Gasteiger partial charge in [0.1, 0.15) is 0 Å². The third-order valence-corrected chi connectivity index (χ3v) is 0.192. The molecule has 6 heavy (non-hydrogen) atoms. The SMILES string of the molecule is C=COC=C.[Na+]. The van der Waals surface area contributed by atoms with Gasteiger partial charge in [0.05, 0.1) is 12.5 Å². The Hall–Kier alpha value is 0.280. The maximum Gasteiger partial charge on any atom is 1.00 e. The van der Waals surface area contributed by atoms with Gasteiger partial charge in [0.25, 0.3) is 0 Å². The molecule has 2 heteroatoms. The van der Waals surface area contributed by atoms with E-state index in [4.69, 9.17) is 0 Å². The van der Waals surface area contributed by atoms with Crippen molar-refractivity contribution >= 4 is 0 Å². The fourth-order valence-corrected chi connectivity index (χ4v) is 0.0680. The Morgan fingerprint density at radius 3 is 1.50 bits per heavy atom. The van der Waals surface area contributed by atoms with Crippen LogP contribution in [-0.2, 0) is 4.74 Å². The van der Waals surface area contributed by atoms with E-state index in [1.165, 1.54) is 12.5 Å². The molecule has 0 amide bonds. The van der Waals surface area contributed by atoms with Crippen LogP contribution in [0, 0.1) is 0 Å². The number of hydrogen-bond donors (Lipinski definition) is 0. The second kappa shape index (κ2) is 8.99. The number of hydrogen-bond acceptors (Lipinski definition) is 1. The van der Waals surface area contributed by atoms with Crippen LogP contribution in [0.5, 0.6) is 0 Å². The predicted molar refractivity (Wildman–Crippen MR) is 21.5 cm³/mol. The molecule has 0 aromatic heterocycles. The molecule has 0 atom stereocenters. The average Bonchev–Trinajstić information content (AvgIpc) is 1.41. The summed E-state index contributed by atoms with van der Waals surface area (Å²) < 4.78 is 4.36. The van der Waals surface area contributed by atoms with Crippen molar-refractivity contribution < 1.29 is 34.3 Å². The molecule has 0 aromatic rings. The van der Waals surface area contributed by atoms with Crippen LogP contribution in [-0.4, -0.2) is 0 Å². The van der Waals surface area contributed by atoms with Crippen molar-refractivity contribution in [2.24, 2.45) is 0 Å². The molecule has 1 nitrogen and oxygen atoms in total. The molecule has 0 bridgehead atoms. The third-order valence-electron chi connectivity index (χ3n) is 0.192. The molecular weight excluding hydrogens is 87.0 g/mol. The van der Waals surface area contributed by atoms with Gasteiger partial charge >= 0.3 is 29.6 Å². The van der Waals surface area contributed by atoms with Gasteiger partial charge in [0, 0.05) is 0 Å². The van der Waals surface area contributed by atoms with Crippen molar-refractivity contribution in [3.63, 3.8) is 0 Å². The summed E-state index contributed by atoms with van der Waals surface area (Å²) >= 11 is 0. The van der Waals surface area contributed by atoms with Crippen LogP contribution in [0.4, 0.5) is 0 Å². The van der Waals surface area contributed by atoms with Crippen molar-refractivity contribution in [3.05, 3.63) is 25.7 Å². The molecule has 0 aliphatic rings. The normalized spacial score (nSPS) is 4.67. The smallest absolute Gasteiger partial charge is 0.474 e. The maximum absolute atomic E-state index is 4.36. The van der Waals surface area contributed by atoms with E-state index >= 15 is 0 Å². The van der Waals surface area contributed by atoms with E-state index in [1.54, 1.807) is 0 Å². The first kappa shape index (κ1) is 9.56. The Morgan fingerprint density at radius 2 is 1.50 bits per heavy atom. The minimum atomic E-state index is 0. The van der Waals surface area contributed by atoms with Gasteiger partial charge in [-0.25, -0.2) is 0 Å². The number of rotatable bonds is 2. The molecule has 0 aliphatic carbocycles. The summed E-state index contributed by atoms with van der Waals surface area (Å²) in [5.41, 5.74) is 0. The van der Waals surface area contributed by atoms with Gasteiger partial charge in [-0.1, -0.05) is 13.2 Å². The Bertz CT molecular complexity index is 36.8. The summed E-state index contributed by atoms with van der Waals surface area (Å²) in [5.74, 6) is 0. The first-order valence-electron chi connectivity index (χ1n) is 1.29. The van der Waals surface area contributed by atoms with E-state index in [2.05, 4.69) is 17.9 Å². The Labute approximate surface area is 60.0 Å². The number of ether oxygens (including phenoxy) is 1. The van der Waals surface area contributed by atoms with E-state index in [9.17, 15) is 0 Å². The van der Waals surface area contributed by atoms with Crippen molar-refractivity contribution in [1.82, 2.24) is 0 Å². The molecule has 0 N–H and O–H groups in total. The molecule has 0 fully saturated rings. The fourth-order valence-electron chi connectivity index (χ4n) is 0.0680.